The van der Waals surface area contributed by atoms with E-state index in [-0.39, 0.29) is 31.2 Å². The van der Waals surface area contributed by atoms with Gasteiger partial charge in [-0.25, -0.2) is 4.79 Å². The van der Waals surface area contributed by atoms with Gasteiger partial charge in [0.05, 0.1) is 12.6 Å². The summed E-state index contributed by atoms with van der Waals surface area (Å²) in [6.45, 7) is 4.20. The molecule has 0 radical (unpaired) electrons. The van der Waals surface area contributed by atoms with Gasteiger partial charge in [-0.05, 0) is 31.5 Å². The van der Waals surface area contributed by atoms with Gasteiger partial charge < -0.3 is 31.1 Å². The predicted octanol–water partition coefficient (Wildman–Crippen LogP) is 0.436. The molecule has 2 rings (SSSR count). The van der Waals surface area contributed by atoms with Gasteiger partial charge in [0.2, 0.25) is 5.91 Å². The molecular weight excluding hydrogens is 324 g/mol. The molecule has 25 heavy (non-hydrogen) atoms. The Hall–Kier alpha value is -2.16. The van der Waals surface area contributed by atoms with Crippen LogP contribution in [0.3, 0.4) is 0 Å². The van der Waals surface area contributed by atoms with Gasteiger partial charge in [0, 0.05) is 24.8 Å². The summed E-state index contributed by atoms with van der Waals surface area (Å²) in [5.41, 5.74) is 7.03. The minimum absolute atomic E-state index is 0.0437. The summed E-state index contributed by atoms with van der Waals surface area (Å²) in [5.74, 6) is -0.176. The lowest BCUT2D eigenvalue weighted by Gasteiger charge is -2.40. The lowest BCUT2D eigenvalue weighted by molar-refractivity contribution is -0.160. The van der Waals surface area contributed by atoms with Crippen molar-refractivity contribution in [3.63, 3.8) is 0 Å². The Morgan fingerprint density at radius 1 is 1.40 bits per heavy atom. The first-order valence-corrected chi connectivity index (χ1v) is 8.35. The van der Waals surface area contributed by atoms with E-state index in [9.17, 15) is 14.7 Å². The number of rotatable bonds is 6. The van der Waals surface area contributed by atoms with E-state index in [0.29, 0.717) is 18.8 Å². The number of nitrogens with one attached hydrogen (secondary N) is 2. The molecule has 1 aromatic carbocycles. The summed E-state index contributed by atoms with van der Waals surface area (Å²) in [5, 5.41) is 15.2. The maximum absolute atomic E-state index is 12.0. The van der Waals surface area contributed by atoms with Gasteiger partial charge in [-0.2, -0.15) is 0 Å². The largest absolute Gasteiger partial charge is 0.394 e. The SMILES string of the molecule is CC(C)NC(=O)Nc1ccc([C@H]2OCC(=O)N(CCN)[C@@H]2CO)cc1. The fourth-order valence-corrected chi connectivity index (χ4v) is 2.83. The summed E-state index contributed by atoms with van der Waals surface area (Å²) < 4.78 is 5.64. The molecule has 3 amide bonds. The third kappa shape index (κ3) is 4.91. The predicted molar refractivity (Wildman–Crippen MR) is 94.1 cm³/mol. The molecule has 2 atom stereocenters. The molecule has 1 aliphatic rings. The fraction of sp³-hybridized carbons (Fsp3) is 0.529. The highest BCUT2D eigenvalue weighted by Crippen LogP contribution is 2.29. The number of ether oxygens (including phenoxy) is 1. The number of nitrogens with two attached hydrogens (primary N) is 1. The van der Waals surface area contributed by atoms with E-state index in [1.165, 1.54) is 0 Å². The Morgan fingerprint density at radius 3 is 2.64 bits per heavy atom. The van der Waals surface area contributed by atoms with Crippen molar-refractivity contribution in [2.45, 2.75) is 32.0 Å². The van der Waals surface area contributed by atoms with Crippen molar-refractivity contribution in [3.8, 4) is 0 Å². The third-order valence-electron chi connectivity index (χ3n) is 3.93. The van der Waals surface area contributed by atoms with Crippen molar-refractivity contribution < 1.29 is 19.4 Å². The van der Waals surface area contributed by atoms with Gasteiger partial charge in [-0.3, -0.25) is 4.79 Å². The zero-order valence-corrected chi connectivity index (χ0v) is 14.6. The van der Waals surface area contributed by atoms with Crippen LogP contribution in [-0.4, -0.2) is 60.3 Å². The maximum atomic E-state index is 12.0. The topological polar surface area (TPSA) is 117 Å². The van der Waals surface area contributed by atoms with Crippen molar-refractivity contribution >= 4 is 17.6 Å². The van der Waals surface area contributed by atoms with Crippen LogP contribution >= 0.6 is 0 Å². The third-order valence-corrected chi connectivity index (χ3v) is 3.93. The number of aliphatic hydroxyl groups is 1. The van der Waals surface area contributed by atoms with Crippen LogP contribution in [-0.2, 0) is 9.53 Å². The number of carbonyl (C=O) groups excluding carboxylic acids is 2. The average Bonchev–Trinajstić information content (AvgIpc) is 2.56. The number of anilines is 1. The van der Waals surface area contributed by atoms with Crippen molar-refractivity contribution in [1.29, 1.82) is 0 Å². The Bertz CT molecular complexity index is 591. The number of hydrogen-bond acceptors (Lipinski definition) is 5. The second-order valence-corrected chi connectivity index (χ2v) is 6.23. The molecule has 0 unspecified atom stereocenters. The molecule has 1 aromatic rings. The molecule has 0 aliphatic carbocycles. The van der Waals surface area contributed by atoms with Gasteiger partial charge in [0.25, 0.3) is 0 Å². The summed E-state index contributed by atoms with van der Waals surface area (Å²) in [6, 6.07) is 6.44. The molecular formula is C17H26N4O4. The highest BCUT2D eigenvalue weighted by molar-refractivity contribution is 5.89. The van der Waals surface area contributed by atoms with Gasteiger partial charge >= 0.3 is 6.03 Å². The van der Waals surface area contributed by atoms with Crippen LogP contribution < -0.4 is 16.4 Å². The van der Waals surface area contributed by atoms with E-state index in [0.717, 1.165) is 5.56 Å². The van der Waals surface area contributed by atoms with Crippen molar-refractivity contribution in [2.75, 3.05) is 31.6 Å². The molecule has 0 aromatic heterocycles. The average molecular weight is 350 g/mol. The van der Waals surface area contributed by atoms with E-state index >= 15 is 0 Å². The van der Waals surface area contributed by atoms with Crippen LogP contribution in [0.25, 0.3) is 0 Å². The smallest absolute Gasteiger partial charge is 0.319 e. The van der Waals surface area contributed by atoms with Crippen LogP contribution in [0.1, 0.15) is 25.5 Å². The van der Waals surface area contributed by atoms with Crippen molar-refractivity contribution in [1.82, 2.24) is 10.2 Å². The highest BCUT2D eigenvalue weighted by Gasteiger charge is 2.36. The van der Waals surface area contributed by atoms with Gasteiger partial charge in [0.15, 0.2) is 0 Å². The molecule has 5 N–H and O–H groups in total. The van der Waals surface area contributed by atoms with Crippen LogP contribution in [0, 0.1) is 0 Å². The number of amides is 3. The van der Waals surface area contributed by atoms with Crippen LogP contribution in [0.2, 0.25) is 0 Å². The Morgan fingerprint density at radius 2 is 2.08 bits per heavy atom. The molecule has 8 nitrogen and oxygen atoms in total. The first-order chi connectivity index (χ1) is 12.0. The van der Waals surface area contributed by atoms with Gasteiger partial charge in [-0.1, -0.05) is 12.1 Å². The lowest BCUT2D eigenvalue weighted by Crippen LogP contribution is -2.54. The Kier molecular flexibility index (Phi) is 6.74. The molecule has 1 fully saturated rings. The second kappa shape index (κ2) is 8.80. The van der Waals surface area contributed by atoms with Crippen molar-refractivity contribution in [3.05, 3.63) is 29.8 Å². The number of hydrogen-bond donors (Lipinski definition) is 4. The Balaban J connectivity index is 2.09. The number of carbonyl (C=O) groups is 2. The minimum Gasteiger partial charge on any atom is -0.394 e. The number of benzene rings is 1. The number of morpholine rings is 1. The summed E-state index contributed by atoms with van der Waals surface area (Å²) in [4.78, 5) is 25.3. The van der Waals surface area contributed by atoms with Gasteiger partial charge in [-0.15, -0.1) is 0 Å². The first-order valence-electron chi connectivity index (χ1n) is 8.35. The first kappa shape index (κ1) is 19.2. The molecule has 1 heterocycles. The molecule has 8 heteroatoms. The zero-order chi connectivity index (χ0) is 18.4. The van der Waals surface area contributed by atoms with Crippen LogP contribution in [0.4, 0.5) is 10.5 Å². The number of aliphatic hydroxyl groups excluding tert-OH is 1. The normalized spacial score (nSPS) is 20.7. The molecule has 0 spiro atoms. The van der Waals surface area contributed by atoms with E-state index in [1.54, 1.807) is 17.0 Å². The van der Waals surface area contributed by atoms with E-state index in [4.69, 9.17) is 10.5 Å². The zero-order valence-electron chi connectivity index (χ0n) is 14.6. The summed E-state index contributed by atoms with van der Waals surface area (Å²) in [6.07, 6.45) is -0.437. The summed E-state index contributed by atoms with van der Waals surface area (Å²) >= 11 is 0. The standard InChI is InChI=1S/C17H26N4O4/c1-11(2)19-17(24)20-13-5-3-12(4-6-13)16-14(9-22)21(8-7-18)15(23)10-25-16/h3-6,11,14,16,22H,7-10,18H2,1-2H3,(H2,19,20,24)/t14-,16-/m1/s1. The highest BCUT2D eigenvalue weighted by atomic mass is 16.5. The molecule has 1 aliphatic heterocycles. The molecule has 138 valence electrons. The summed E-state index contributed by atoms with van der Waals surface area (Å²) in [7, 11) is 0. The van der Waals surface area contributed by atoms with Crippen LogP contribution in [0.5, 0.6) is 0 Å². The minimum atomic E-state index is -0.479. The number of urea groups is 1. The second-order valence-electron chi connectivity index (χ2n) is 6.23. The van der Waals surface area contributed by atoms with Gasteiger partial charge in [0.1, 0.15) is 12.7 Å². The lowest BCUT2D eigenvalue weighted by atomic mass is 9.99. The van der Waals surface area contributed by atoms with Crippen LogP contribution in [0.15, 0.2) is 24.3 Å². The fourth-order valence-electron chi connectivity index (χ4n) is 2.83. The van der Waals surface area contributed by atoms with Crippen molar-refractivity contribution in [2.24, 2.45) is 5.73 Å². The monoisotopic (exact) mass is 350 g/mol. The molecule has 1 saturated heterocycles. The molecule has 0 saturated carbocycles. The van der Waals surface area contributed by atoms with E-state index in [2.05, 4.69) is 10.6 Å². The Labute approximate surface area is 147 Å². The quantitative estimate of drug-likeness (QED) is 0.594. The van der Waals surface area contributed by atoms with E-state index in [1.807, 2.05) is 26.0 Å². The van der Waals surface area contributed by atoms with E-state index < -0.39 is 12.1 Å². The maximum Gasteiger partial charge on any atom is 0.319 e. The molecule has 0 bridgehead atoms. The number of nitrogens with zero attached hydrogens (tertiary/aromatic N) is 1.